The van der Waals surface area contributed by atoms with Gasteiger partial charge in [-0.2, -0.15) is 0 Å². The van der Waals surface area contributed by atoms with Crippen LogP contribution in [0.15, 0.2) is 28.7 Å². The summed E-state index contributed by atoms with van der Waals surface area (Å²) < 4.78 is 6.86. The SMILES string of the molecule is CCC1CN(C(CN)c2ccccc2Br)CCO1. The van der Waals surface area contributed by atoms with Crippen molar-refractivity contribution in [3.05, 3.63) is 34.3 Å². The molecule has 1 aromatic rings. The van der Waals surface area contributed by atoms with Gasteiger partial charge in [-0.15, -0.1) is 0 Å². The number of nitrogens with zero attached hydrogens (tertiary/aromatic N) is 1. The first kappa shape index (κ1) is 14.0. The average molecular weight is 313 g/mol. The van der Waals surface area contributed by atoms with Crippen LogP contribution in [-0.4, -0.2) is 37.2 Å². The second-order valence-corrected chi connectivity index (χ2v) is 5.52. The molecule has 4 heteroatoms. The van der Waals surface area contributed by atoms with Crippen molar-refractivity contribution in [1.29, 1.82) is 0 Å². The number of benzene rings is 1. The van der Waals surface area contributed by atoms with Crippen LogP contribution in [0.2, 0.25) is 0 Å². The number of ether oxygens (including phenoxy) is 1. The molecular weight excluding hydrogens is 292 g/mol. The Balaban J connectivity index is 2.15. The van der Waals surface area contributed by atoms with Gasteiger partial charge in [0.25, 0.3) is 0 Å². The second-order valence-electron chi connectivity index (χ2n) is 4.67. The Morgan fingerprint density at radius 3 is 2.94 bits per heavy atom. The van der Waals surface area contributed by atoms with Gasteiger partial charge in [0.05, 0.1) is 12.7 Å². The Hall–Kier alpha value is -0.420. The lowest BCUT2D eigenvalue weighted by Crippen LogP contribution is -2.46. The summed E-state index contributed by atoms with van der Waals surface area (Å²) in [6.07, 6.45) is 1.40. The Bertz CT molecular complexity index is 386. The molecule has 1 saturated heterocycles. The summed E-state index contributed by atoms with van der Waals surface area (Å²) in [5.74, 6) is 0. The van der Waals surface area contributed by atoms with Crippen molar-refractivity contribution in [1.82, 2.24) is 4.90 Å². The molecule has 3 nitrogen and oxygen atoms in total. The van der Waals surface area contributed by atoms with E-state index in [4.69, 9.17) is 10.5 Å². The number of hydrogen-bond acceptors (Lipinski definition) is 3. The van der Waals surface area contributed by atoms with Gasteiger partial charge in [-0.05, 0) is 18.1 Å². The van der Waals surface area contributed by atoms with Crippen LogP contribution in [0, 0.1) is 0 Å². The molecule has 18 heavy (non-hydrogen) atoms. The van der Waals surface area contributed by atoms with Gasteiger partial charge in [-0.3, -0.25) is 4.90 Å². The van der Waals surface area contributed by atoms with Crippen LogP contribution in [-0.2, 0) is 4.74 Å². The minimum Gasteiger partial charge on any atom is -0.376 e. The molecule has 2 unspecified atom stereocenters. The van der Waals surface area contributed by atoms with Gasteiger partial charge >= 0.3 is 0 Å². The van der Waals surface area contributed by atoms with Crippen molar-refractivity contribution in [2.75, 3.05) is 26.2 Å². The van der Waals surface area contributed by atoms with E-state index in [9.17, 15) is 0 Å². The molecule has 1 heterocycles. The Labute approximate surface area is 117 Å². The smallest absolute Gasteiger partial charge is 0.0700 e. The highest BCUT2D eigenvalue weighted by Crippen LogP contribution is 2.28. The van der Waals surface area contributed by atoms with E-state index in [0.29, 0.717) is 12.6 Å². The molecule has 0 aromatic heterocycles. The lowest BCUT2D eigenvalue weighted by atomic mass is 10.0. The van der Waals surface area contributed by atoms with Crippen LogP contribution in [0.1, 0.15) is 24.9 Å². The fourth-order valence-electron chi connectivity index (χ4n) is 2.49. The first-order valence-electron chi connectivity index (χ1n) is 6.56. The molecule has 0 saturated carbocycles. The first-order valence-corrected chi connectivity index (χ1v) is 7.35. The zero-order valence-corrected chi connectivity index (χ0v) is 12.4. The molecule has 2 N–H and O–H groups in total. The quantitative estimate of drug-likeness (QED) is 0.928. The average Bonchev–Trinajstić information content (AvgIpc) is 2.42. The molecule has 1 aliphatic rings. The fraction of sp³-hybridized carbons (Fsp3) is 0.571. The van der Waals surface area contributed by atoms with Crippen molar-refractivity contribution in [2.45, 2.75) is 25.5 Å². The molecular formula is C14H21BrN2O. The number of morpholine rings is 1. The van der Waals surface area contributed by atoms with E-state index in [-0.39, 0.29) is 6.04 Å². The molecule has 1 aliphatic heterocycles. The maximum Gasteiger partial charge on any atom is 0.0700 e. The summed E-state index contributed by atoms with van der Waals surface area (Å²) in [6, 6.07) is 8.61. The highest BCUT2D eigenvalue weighted by atomic mass is 79.9. The largest absolute Gasteiger partial charge is 0.376 e. The Morgan fingerprint density at radius 2 is 2.28 bits per heavy atom. The van der Waals surface area contributed by atoms with Crippen molar-refractivity contribution >= 4 is 15.9 Å². The van der Waals surface area contributed by atoms with E-state index in [2.05, 4.69) is 46.0 Å². The molecule has 0 bridgehead atoms. The van der Waals surface area contributed by atoms with E-state index in [1.807, 2.05) is 6.07 Å². The van der Waals surface area contributed by atoms with Crippen molar-refractivity contribution in [2.24, 2.45) is 5.73 Å². The third-order valence-corrected chi connectivity index (χ3v) is 4.28. The summed E-state index contributed by atoms with van der Waals surface area (Å²) in [4.78, 5) is 2.44. The molecule has 1 fully saturated rings. The Morgan fingerprint density at radius 1 is 1.50 bits per heavy atom. The molecule has 0 aliphatic carbocycles. The molecule has 2 atom stereocenters. The highest BCUT2D eigenvalue weighted by Gasteiger charge is 2.26. The van der Waals surface area contributed by atoms with Gasteiger partial charge < -0.3 is 10.5 Å². The maximum absolute atomic E-state index is 5.99. The molecule has 100 valence electrons. The highest BCUT2D eigenvalue weighted by molar-refractivity contribution is 9.10. The normalized spacial score (nSPS) is 22.9. The molecule has 0 radical (unpaired) electrons. The van der Waals surface area contributed by atoms with Crippen molar-refractivity contribution in [3.63, 3.8) is 0 Å². The Kier molecular flexibility index (Phi) is 5.18. The van der Waals surface area contributed by atoms with Gasteiger partial charge in [0.15, 0.2) is 0 Å². The number of hydrogen-bond donors (Lipinski definition) is 1. The minimum absolute atomic E-state index is 0.276. The number of rotatable bonds is 4. The topological polar surface area (TPSA) is 38.5 Å². The number of halogens is 1. The van der Waals surface area contributed by atoms with Gasteiger partial charge in [-0.1, -0.05) is 41.1 Å². The minimum atomic E-state index is 0.276. The molecule has 2 rings (SSSR count). The summed E-state index contributed by atoms with van der Waals surface area (Å²) in [5, 5.41) is 0. The zero-order valence-electron chi connectivity index (χ0n) is 10.8. The van der Waals surface area contributed by atoms with E-state index >= 15 is 0 Å². The van der Waals surface area contributed by atoms with Gasteiger partial charge in [-0.25, -0.2) is 0 Å². The van der Waals surface area contributed by atoms with Crippen LogP contribution in [0.3, 0.4) is 0 Å². The summed E-state index contributed by atoms with van der Waals surface area (Å²) in [5.41, 5.74) is 7.26. The monoisotopic (exact) mass is 312 g/mol. The predicted molar refractivity (Wildman–Crippen MR) is 77.5 cm³/mol. The van der Waals surface area contributed by atoms with Crippen molar-refractivity contribution < 1.29 is 4.74 Å². The third-order valence-electron chi connectivity index (χ3n) is 3.55. The standard InChI is InChI=1S/C14H21BrN2O/c1-2-11-10-17(7-8-18-11)14(9-16)12-5-3-4-6-13(12)15/h3-6,11,14H,2,7-10,16H2,1H3. The molecule has 0 spiro atoms. The van der Waals surface area contributed by atoms with Gasteiger partial charge in [0.1, 0.15) is 0 Å². The fourth-order valence-corrected chi connectivity index (χ4v) is 3.04. The van der Waals surface area contributed by atoms with Crippen LogP contribution in [0.25, 0.3) is 0 Å². The lowest BCUT2D eigenvalue weighted by molar-refractivity contribution is -0.0438. The predicted octanol–water partition coefficient (Wildman–Crippen LogP) is 2.56. The van der Waals surface area contributed by atoms with E-state index in [1.165, 1.54) is 5.56 Å². The van der Waals surface area contributed by atoms with Crippen molar-refractivity contribution in [3.8, 4) is 0 Å². The third kappa shape index (κ3) is 3.12. The second kappa shape index (κ2) is 6.66. The van der Waals surface area contributed by atoms with Gasteiger partial charge in [0, 0.05) is 30.1 Å². The number of nitrogens with two attached hydrogens (primary N) is 1. The first-order chi connectivity index (χ1) is 8.76. The summed E-state index contributed by atoms with van der Waals surface area (Å²) in [7, 11) is 0. The van der Waals surface area contributed by atoms with Crippen LogP contribution < -0.4 is 5.73 Å². The van der Waals surface area contributed by atoms with Crippen LogP contribution >= 0.6 is 15.9 Å². The van der Waals surface area contributed by atoms with Gasteiger partial charge in [0.2, 0.25) is 0 Å². The lowest BCUT2D eigenvalue weighted by Gasteiger charge is -2.38. The molecule has 1 aromatic carbocycles. The maximum atomic E-state index is 5.99. The zero-order chi connectivity index (χ0) is 13.0. The van der Waals surface area contributed by atoms with E-state index < -0.39 is 0 Å². The van der Waals surface area contributed by atoms with E-state index in [1.54, 1.807) is 0 Å². The molecule has 0 amide bonds. The summed E-state index contributed by atoms with van der Waals surface area (Å²) in [6.45, 7) is 5.54. The van der Waals surface area contributed by atoms with E-state index in [0.717, 1.165) is 30.6 Å². The van der Waals surface area contributed by atoms with Crippen LogP contribution in [0.5, 0.6) is 0 Å². The summed E-state index contributed by atoms with van der Waals surface area (Å²) >= 11 is 3.62. The van der Waals surface area contributed by atoms with Crippen LogP contribution in [0.4, 0.5) is 0 Å².